The lowest BCUT2D eigenvalue weighted by atomic mass is 10.2. The topological polar surface area (TPSA) is 24.5 Å². The van der Waals surface area contributed by atoms with Crippen molar-refractivity contribution in [3.8, 4) is 0 Å². The maximum absolute atomic E-state index is 13.0. The van der Waals surface area contributed by atoms with E-state index in [2.05, 4.69) is 10.2 Å². The summed E-state index contributed by atoms with van der Waals surface area (Å²) >= 11 is 0. The number of likely N-dealkylation sites (N-methyl/N-ethyl adjacent to an activating group) is 1. The Morgan fingerprint density at radius 2 is 2.17 bits per heavy atom. The van der Waals surface area contributed by atoms with Crippen molar-refractivity contribution >= 4 is 0 Å². The third-order valence-corrected chi connectivity index (χ3v) is 2.71. The number of methoxy groups -OCH3 is 1. The zero-order valence-electron chi connectivity index (χ0n) is 11.3. The maximum Gasteiger partial charge on any atom is 0.123 e. The van der Waals surface area contributed by atoms with Crippen LogP contribution in [0.3, 0.4) is 0 Å². The van der Waals surface area contributed by atoms with Crippen molar-refractivity contribution in [1.82, 2.24) is 10.2 Å². The average molecular weight is 254 g/mol. The number of nitrogens with zero attached hydrogens (tertiary/aromatic N) is 1. The van der Waals surface area contributed by atoms with Gasteiger partial charge in [-0.2, -0.15) is 0 Å². The van der Waals surface area contributed by atoms with Crippen molar-refractivity contribution in [1.29, 1.82) is 0 Å². The van der Waals surface area contributed by atoms with Crippen LogP contribution < -0.4 is 5.32 Å². The highest BCUT2D eigenvalue weighted by Gasteiger charge is 2.00. The van der Waals surface area contributed by atoms with E-state index in [1.54, 1.807) is 19.2 Å². The molecule has 1 aromatic carbocycles. The number of benzene rings is 1. The molecule has 0 amide bonds. The molecular weight excluding hydrogens is 231 g/mol. The number of hydrogen-bond donors (Lipinski definition) is 1. The fraction of sp³-hybridized carbons (Fsp3) is 0.571. The van der Waals surface area contributed by atoms with Crippen LogP contribution in [0.2, 0.25) is 0 Å². The van der Waals surface area contributed by atoms with Gasteiger partial charge in [0.2, 0.25) is 0 Å². The highest BCUT2D eigenvalue weighted by molar-refractivity contribution is 5.15. The molecule has 0 bridgehead atoms. The minimum absolute atomic E-state index is 0.168. The van der Waals surface area contributed by atoms with Crippen molar-refractivity contribution in [3.05, 3.63) is 35.6 Å². The first-order chi connectivity index (χ1) is 8.72. The summed E-state index contributed by atoms with van der Waals surface area (Å²) in [6.07, 6.45) is 1.03. The zero-order chi connectivity index (χ0) is 13.2. The number of hydrogen-bond acceptors (Lipinski definition) is 3. The van der Waals surface area contributed by atoms with Gasteiger partial charge in [0.05, 0.1) is 0 Å². The van der Waals surface area contributed by atoms with Crippen LogP contribution in [0.1, 0.15) is 12.0 Å². The smallest absolute Gasteiger partial charge is 0.123 e. The molecule has 4 heteroatoms. The molecule has 0 heterocycles. The summed E-state index contributed by atoms with van der Waals surface area (Å²) in [4.78, 5) is 2.18. The van der Waals surface area contributed by atoms with E-state index in [1.165, 1.54) is 6.07 Å². The SMILES string of the molecule is COCCCNCCN(C)Cc1cccc(F)c1. The molecule has 0 spiro atoms. The van der Waals surface area contributed by atoms with Crippen molar-refractivity contribution < 1.29 is 9.13 Å². The van der Waals surface area contributed by atoms with Crippen LogP contribution in [0.4, 0.5) is 4.39 Å². The van der Waals surface area contributed by atoms with Crippen molar-refractivity contribution in [2.75, 3.05) is 40.4 Å². The summed E-state index contributed by atoms with van der Waals surface area (Å²) in [5, 5.41) is 3.35. The number of ether oxygens (including phenoxy) is 1. The first-order valence-corrected chi connectivity index (χ1v) is 6.35. The first-order valence-electron chi connectivity index (χ1n) is 6.35. The van der Waals surface area contributed by atoms with E-state index in [0.29, 0.717) is 0 Å². The van der Waals surface area contributed by atoms with Crippen LogP contribution in [0.5, 0.6) is 0 Å². The lowest BCUT2D eigenvalue weighted by Gasteiger charge is -2.17. The molecule has 1 aromatic rings. The Bertz CT molecular complexity index is 333. The van der Waals surface area contributed by atoms with Gasteiger partial charge < -0.3 is 15.0 Å². The summed E-state index contributed by atoms with van der Waals surface area (Å²) in [7, 11) is 3.76. The minimum Gasteiger partial charge on any atom is -0.385 e. The molecule has 3 nitrogen and oxygen atoms in total. The van der Waals surface area contributed by atoms with Gasteiger partial charge in [-0.05, 0) is 37.7 Å². The second-order valence-corrected chi connectivity index (χ2v) is 4.46. The maximum atomic E-state index is 13.0. The van der Waals surface area contributed by atoms with Gasteiger partial charge in [-0.1, -0.05) is 12.1 Å². The summed E-state index contributed by atoms with van der Waals surface area (Å²) in [6, 6.07) is 6.76. The molecule has 0 fully saturated rings. The van der Waals surface area contributed by atoms with Crippen LogP contribution in [0, 0.1) is 5.82 Å². The molecule has 0 atom stereocenters. The highest BCUT2D eigenvalue weighted by atomic mass is 19.1. The Kier molecular flexibility index (Phi) is 7.57. The standard InChI is InChI=1S/C14H23FN2O/c1-17(9-8-16-7-4-10-18-2)12-13-5-3-6-14(15)11-13/h3,5-6,11,16H,4,7-10,12H2,1-2H3. The molecule has 1 rings (SSSR count). The van der Waals surface area contributed by atoms with Crippen LogP contribution in [0.25, 0.3) is 0 Å². The number of rotatable bonds is 9. The van der Waals surface area contributed by atoms with Gasteiger partial charge in [-0.3, -0.25) is 0 Å². The Labute approximate surface area is 109 Å². The number of halogens is 1. The van der Waals surface area contributed by atoms with Gasteiger partial charge in [0.1, 0.15) is 5.82 Å². The lowest BCUT2D eigenvalue weighted by molar-refractivity contribution is 0.194. The van der Waals surface area contributed by atoms with E-state index < -0.39 is 0 Å². The molecular formula is C14H23FN2O. The van der Waals surface area contributed by atoms with Gasteiger partial charge in [0.25, 0.3) is 0 Å². The molecule has 0 aromatic heterocycles. The van der Waals surface area contributed by atoms with Crippen LogP contribution in [-0.4, -0.2) is 45.3 Å². The van der Waals surface area contributed by atoms with E-state index in [-0.39, 0.29) is 5.82 Å². The third-order valence-electron chi connectivity index (χ3n) is 2.71. The molecule has 1 N–H and O–H groups in total. The van der Waals surface area contributed by atoms with Gasteiger partial charge in [-0.15, -0.1) is 0 Å². The van der Waals surface area contributed by atoms with Crippen molar-refractivity contribution in [2.45, 2.75) is 13.0 Å². The van der Waals surface area contributed by atoms with Crippen LogP contribution in [-0.2, 0) is 11.3 Å². The second kappa shape index (κ2) is 9.03. The first kappa shape index (κ1) is 15.1. The van der Waals surface area contributed by atoms with E-state index >= 15 is 0 Å². The molecule has 0 saturated heterocycles. The van der Waals surface area contributed by atoms with Crippen LogP contribution in [0.15, 0.2) is 24.3 Å². The van der Waals surface area contributed by atoms with Crippen molar-refractivity contribution in [2.24, 2.45) is 0 Å². The predicted octanol–water partition coefficient (Wildman–Crippen LogP) is 1.88. The largest absolute Gasteiger partial charge is 0.385 e. The molecule has 0 aliphatic rings. The monoisotopic (exact) mass is 254 g/mol. The van der Waals surface area contributed by atoms with Crippen LogP contribution >= 0.6 is 0 Å². The molecule has 0 aliphatic heterocycles. The molecule has 0 unspecified atom stereocenters. The third kappa shape index (κ3) is 6.69. The van der Waals surface area contributed by atoms with E-state index in [0.717, 1.165) is 44.8 Å². The highest BCUT2D eigenvalue weighted by Crippen LogP contribution is 2.05. The average Bonchev–Trinajstić information content (AvgIpc) is 2.33. The van der Waals surface area contributed by atoms with E-state index in [9.17, 15) is 4.39 Å². The number of nitrogens with one attached hydrogen (secondary N) is 1. The van der Waals surface area contributed by atoms with E-state index in [4.69, 9.17) is 4.74 Å². The fourth-order valence-corrected chi connectivity index (χ4v) is 1.76. The van der Waals surface area contributed by atoms with Gasteiger partial charge >= 0.3 is 0 Å². The molecule has 18 heavy (non-hydrogen) atoms. The Morgan fingerprint density at radius 1 is 1.33 bits per heavy atom. The minimum atomic E-state index is -0.168. The summed E-state index contributed by atoms with van der Waals surface area (Å²) < 4.78 is 18.0. The van der Waals surface area contributed by atoms with E-state index in [1.807, 2.05) is 13.1 Å². The Balaban J connectivity index is 2.12. The van der Waals surface area contributed by atoms with Gasteiger partial charge in [0.15, 0.2) is 0 Å². The second-order valence-electron chi connectivity index (χ2n) is 4.46. The molecule has 0 saturated carbocycles. The fourth-order valence-electron chi connectivity index (χ4n) is 1.76. The molecule has 0 aliphatic carbocycles. The normalized spacial score (nSPS) is 11.1. The zero-order valence-corrected chi connectivity index (χ0v) is 11.3. The quantitative estimate of drug-likeness (QED) is 0.681. The molecule has 102 valence electrons. The summed E-state index contributed by atoms with van der Waals surface area (Å²) in [6.45, 7) is 4.43. The van der Waals surface area contributed by atoms with Gasteiger partial charge in [-0.25, -0.2) is 4.39 Å². The Morgan fingerprint density at radius 3 is 2.89 bits per heavy atom. The summed E-state index contributed by atoms with van der Waals surface area (Å²) in [5.74, 6) is -0.168. The predicted molar refractivity (Wildman–Crippen MR) is 72.1 cm³/mol. The lowest BCUT2D eigenvalue weighted by Crippen LogP contribution is -2.29. The summed E-state index contributed by atoms with van der Waals surface area (Å²) in [5.41, 5.74) is 1.01. The molecule has 0 radical (unpaired) electrons. The van der Waals surface area contributed by atoms with Gasteiger partial charge in [0, 0.05) is 33.4 Å². The van der Waals surface area contributed by atoms with Crippen molar-refractivity contribution in [3.63, 3.8) is 0 Å². The Hall–Kier alpha value is -0.970.